The van der Waals surface area contributed by atoms with Gasteiger partial charge in [-0.1, -0.05) is 86.0 Å². The van der Waals surface area contributed by atoms with Gasteiger partial charge in [0, 0.05) is 46.9 Å². The molecule has 0 unspecified atom stereocenters. The molecule has 0 radical (unpaired) electrons. The van der Waals surface area contributed by atoms with E-state index in [4.69, 9.17) is 4.98 Å². The number of pyridine rings is 3. The van der Waals surface area contributed by atoms with Gasteiger partial charge in [0.15, 0.2) is 0 Å². The average molecular weight is 542 g/mol. The van der Waals surface area contributed by atoms with Crippen molar-refractivity contribution in [1.82, 2.24) is 15.0 Å². The first-order chi connectivity index (χ1) is 20.8. The van der Waals surface area contributed by atoms with E-state index in [1.807, 2.05) is 30.7 Å². The zero-order valence-electron chi connectivity index (χ0n) is 23.5. The lowest BCUT2D eigenvalue weighted by Gasteiger charge is -2.36. The molecular formula is C39H31N3. The quantitative estimate of drug-likeness (QED) is 0.223. The van der Waals surface area contributed by atoms with E-state index in [9.17, 15) is 0 Å². The summed E-state index contributed by atoms with van der Waals surface area (Å²) in [6.07, 6.45) is 13.8. The van der Waals surface area contributed by atoms with Gasteiger partial charge >= 0.3 is 0 Å². The lowest BCUT2D eigenvalue weighted by atomic mass is 9.68. The second-order valence-corrected chi connectivity index (χ2v) is 11.6. The molecule has 0 amide bonds. The van der Waals surface area contributed by atoms with E-state index >= 15 is 0 Å². The molecule has 3 heteroatoms. The number of benzene rings is 3. The topological polar surface area (TPSA) is 38.7 Å². The Hall–Kier alpha value is -4.89. The van der Waals surface area contributed by atoms with Gasteiger partial charge in [-0.05, 0) is 88.2 Å². The van der Waals surface area contributed by atoms with Gasteiger partial charge in [0.2, 0.25) is 0 Å². The third-order valence-electron chi connectivity index (χ3n) is 9.27. The van der Waals surface area contributed by atoms with Crippen molar-refractivity contribution in [3.05, 3.63) is 139 Å². The van der Waals surface area contributed by atoms with Gasteiger partial charge in [-0.3, -0.25) is 9.97 Å². The molecule has 1 spiro atoms. The minimum Gasteiger partial charge on any atom is -0.264 e. The molecule has 2 aliphatic carbocycles. The maximum Gasteiger partial charge on any atom is 0.0731 e. The zero-order valence-corrected chi connectivity index (χ0v) is 23.5. The average Bonchev–Trinajstić information content (AvgIpc) is 3.34. The van der Waals surface area contributed by atoms with Gasteiger partial charge in [-0.2, -0.15) is 0 Å². The van der Waals surface area contributed by atoms with E-state index in [1.165, 1.54) is 65.5 Å². The minimum absolute atomic E-state index is 0.167. The third-order valence-corrected chi connectivity index (χ3v) is 9.27. The molecule has 0 bridgehead atoms. The predicted molar refractivity (Wildman–Crippen MR) is 171 cm³/mol. The molecule has 6 aromatic rings. The molecule has 42 heavy (non-hydrogen) atoms. The first kappa shape index (κ1) is 24.9. The Morgan fingerprint density at radius 1 is 0.452 bits per heavy atom. The lowest BCUT2D eigenvalue weighted by Crippen LogP contribution is -2.27. The normalized spacial score (nSPS) is 14.9. The zero-order chi connectivity index (χ0) is 27.9. The summed E-state index contributed by atoms with van der Waals surface area (Å²) < 4.78 is 0. The van der Waals surface area contributed by atoms with Crippen molar-refractivity contribution in [2.75, 3.05) is 0 Å². The van der Waals surface area contributed by atoms with Gasteiger partial charge in [0.1, 0.15) is 0 Å². The first-order valence-electron chi connectivity index (χ1n) is 15.0. The van der Waals surface area contributed by atoms with Crippen molar-refractivity contribution >= 4 is 0 Å². The fourth-order valence-electron chi connectivity index (χ4n) is 7.32. The van der Waals surface area contributed by atoms with E-state index in [1.54, 1.807) is 6.20 Å². The minimum atomic E-state index is 0.167. The molecule has 0 N–H and O–H groups in total. The van der Waals surface area contributed by atoms with E-state index in [2.05, 4.69) is 101 Å². The summed E-state index contributed by atoms with van der Waals surface area (Å²) >= 11 is 0. The molecule has 8 rings (SSSR count). The molecule has 2 aliphatic rings. The predicted octanol–water partition coefficient (Wildman–Crippen LogP) is 9.77. The number of hydrogen-bond acceptors (Lipinski definition) is 3. The highest BCUT2D eigenvalue weighted by Crippen LogP contribution is 2.56. The molecule has 1 fully saturated rings. The van der Waals surface area contributed by atoms with Crippen LogP contribution >= 0.6 is 0 Å². The Kier molecular flexibility index (Phi) is 6.03. The standard InChI is InChI=1S/C39H31N3/c1-6-18-39(19-7-1)35-15-5-4-13-32(35)34-22-27(16-17-36(34)39)31-12-2-3-14-33(31)38-24-30(28-10-8-20-40-25-28)23-37(42-38)29-11-9-21-41-26-29/h2-5,8-17,20-26H,1,6-7,18-19H2. The molecule has 202 valence electrons. The number of fused-ring (bicyclic) bond motifs is 5. The Morgan fingerprint density at radius 3 is 1.88 bits per heavy atom. The second kappa shape index (κ2) is 10.2. The van der Waals surface area contributed by atoms with Gasteiger partial charge in [0.05, 0.1) is 11.4 Å². The maximum absolute atomic E-state index is 5.20. The molecule has 3 aromatic carbocycles. The van der Waals surface area contributed by atoms with Gasteiger partial charge < -0.3 is 0 Å². The molecule has 0 aliphatic heterocycles. The number of hydrogen-bond donors (Lipinski definition) is 0. The lowest BCUT2D eigenvalue weighted by molar-refractivity contribution is 0.353. The van der Waals surface area contributed by atoms with Crippen LogP contribution < -0.4 is 0 Å². The van der Waals surface area contributed by atoms with Crippen LogP contribution in [0.25, 0.3) is 55.9 Å². The Bertz CT molecular complexity index is 1850. The van der Waals surface area contributed by atoms with E-state index in [0.717, 1.165) is 33.6 Å². The van der Waals surface area contributed by atoms with Crippen LogP contribution in [0.5, 0.6) is 0 Å². The number of aromatic nitrogens is 3. The van der Waals surface area contributed by atoms with E-state index in [0.29, 0.717) is 0 Å². The van der Waals surface area contributed by atoms with Crippen LogP contribution in [0.15, 0.2) is 128 Å². The van der Waals surface area contributed by atoms with Crippen LogP contribution in [0.4, 0.5) is 0 Å². The number of rotatable bonds is 4. The molecule has 3 nitrogen and oxygen atoms in total. The fourth-order valence-corrected chi connectivity index (χ4v) is 7.32. The van der Waals surface area contributed by atoms with Gasteiger partial charge in [-0.25, -0.2) is 4.98 Å². The molecular weight excluding hydrogens is 510 g/mol. The molecule has 0 atom stereocenters. The molecule has 0 saturated heterocycles. The Morgan fingerprint density at radius 2 is 1.12 bits per heavy atom. The molecule has 1 saturated carbocycles. The smallest absolute Gasteiger partial charge is 0.0731 e. The monoisotopic (exact) mass is 541 g/mol. The first-order valence-corrected chi connectivity index (χ1v) is 15.0. The summed E-state index contributed by atoms with van der Waals surface area (Å²) in [5.74, 6) is 0. The van der Waals surface area contributed by atoms with Crippen LogP contribution in [-0.4, -0.2) is 15.0 Å². The highest BCUT2D eigenvalue weighted by Gasteiger charge is 2.43. The second-order valence-electron chi connectivity index (χ2n) is 11.6. The maximum atomic E-state index is 5.20. The van der Waals surface area contributed by atoms with Crippen molar-refractivity contribution < 1.29 is 0 Å². The van der Waals surface area contributed by atoms with Gasteiger partial charge in [-0.15, -0.1) is 0 Å². The SMILES string of the molecule is c1cncc(-c2cc(-c3cccnc3)nc(-c3ccccc3-c3ccc4c(c3)-c3ccccc3C43CCCCC3)c2)c1. The van der Waals surface area contributed by atoms with Crippen LogP contribution in [0.3, 0.4) is 0 Å². The summed E-state index contributed by atoms with van der Waals surface area (Å²) in [5, 5.41) is 0. The molecule has 3 heterocycles. The highest BCUT2D eigenvalue weighted by molar-refractivity contribution is 5.89. The Labute approximate surface area is 247 Å². The van der Waals surface area contributed by atoms with Gasteiger partial charge in [0.25, 0.3) is 0 Å². The van der Waals surface area contributed by atoms with Crippen molar-refractivity contribution in [1.29, 1.82) is 0 Å². The molecule has 3 aromatic heterocycles. The summed E-state index contributed by atoms with van der Waals surface area (Å²) in [5.41, 5.74) is 14.5. The summed E-state index contributed by atoms with van der Waals surface area (Å²) in [4.78, 5) is 14.0. The van der Waals surface area contributed by atoms with Crippen LogP contribution in [0, 0.1) is 0 Å². The summed E-state index contributed by atoms with van der Waals surface area (Å²) in [6, 6.07) is 37.4. The summed E-state index contributed by atoms with van der Waals surface area (Å²) in [7, 11) is 0. The van der Waals surface area contributed by atoms with Crippen molar-refractivity contribution in [3.63, 3.8) is 0 Å². The third kappa shape index (κ3) is 4.08. The van der Waals surface area contributed by atoms with E-state index < -0.39 is 0 Å². The van der Waals surface area contributed by atoms with Crippen molar-refractivity contribution in [3.8, 4) is 55.9 Å². The van der Waals surface area contributed by atoms with Crippen molar-refractivity contribution in [2.24, 2.45) is 0 Å². The van der Waals surface area contributed by atoms with Crippen LogP contribution in [-0.2, 0) is 5.41 Å². The Balaban J connectivity index is 1.30. The van der Waals surface area contributed by atoms with E-state index in [-0.39, 0.29) is 5.41 Å². The highest BCUT2D eigenvalue weighted by atomic mass is 14.7. The number of nitrogens with zero attached hydrogens (tertiary/aromatic N) is 3. The summed E-state index contributed by atoms with van der Waals surface area (Å²) in [6.45, 7) is 0. The van der Waals surface area contributed by atoms with Crippen molar-refractivity contribution in [2.45, 2.75) is 37.5 Å². The van der Waals surface area contributed by atoms with Crippen LogP contribution in [0.2, 0.25) is 0 Å². The fraction of sp³-hybridized carbons (Fsp3) is 0.154. The largest absolute Gasteiger partial charge is 0.264 e. The van der Waals surface area contributed by atoms with Crippen LogP contribution in [0.1, 0.15) is 43.2 Å².